The van der Waals surface area contributed by atoms with Crippen molar-refractivity contribution in [3.63, 3.8) is 0 Å². The van der Waals surface area contributed by atoms with Crippen molar-refractivity contribution in [2.24, 2.45) is 29.6 Å². The van der Waals surface area contributed by atoms with Crippen LogP contribution >= 0.6 is 0 Å². The summed E-state index contributed by atoms with van der Waals surface area (Å²) in [5.74, 6) is 4.12. The summed E-state index contributed by atoms with van der Waals surface area (Å²) in [4.78, 5) is 5.74. The lowest BCUT2D eigenvalue weighted by Gasteiger charge is -2.53. The van der Waals surface area contributed by atoms with Gasteiger partial charge < -0.3 is 0 Å². The van der Waals surface area contributed by atoms with Crippen LogP contribution < -0.4 is 0 Å². The largest absolute Gasteiger partial charge is 0.298 e. The van der Waals surface area contributed by atoms with Gasteiger partial charge in [0.25, 0.3) is 0 Å². The Labute approximate surface area is 164 Å². The molecule has 0 spiro atoms. The molecule has 0 bridgehead atoms. The predicted molar refractivity (Wildman–Crippen MR) is 113 cm³/mol. The number of likely N-dealkylation sites (tertiary alicyclic amines) is 2. The number of hydrogen-bond acceptors (Lipinski definition) is 2. The lowest BCUT2D eigenvalue weighted by atomic mass is 9.71. The first-order chi connectivity index (χ1) is 11.9. The molecule has 8 unspecified atom stereocenters. The van der Waals surface area contributed by atoms with E-state index in [4.69, 9.17) is 0 Å². The van der Waals surface area contributed by atoms with E-state index in [0.717, 1.165) is 41.7 Å². The zero-order valence-electron chi connectivity index (χ0n) is 19.3. The fraction of sp³-hybridized carbons (Fsp3) is 1.00. The van der Waals surface area contributed by atoms with E-state index in [-0.39, 0.29) is 0 Å². The van der Waals surface area contributed by atoms with Crippen LogP contribution in [0.4, 0.5) is 0 Å². The maximum absolute atomic E-state index is 3.02. The second-order valence-electron chi connectivity index (χ2n) is 11.9. The monoisotopic (exact) mass is 362 g/mol. The van der Waals surface area contributed by atoms with Gasteiger partial charge in [0, 0.05) is 29.2 Å². The summed E-state index contributed by atoms with van der Waals surface area (Å²) < 4.78 is 0. The lowest BCUT2D eigenvalue weighted by Crippen LogP contribution is -2.59. The van der Waals surface area contributed by atoms with E-state index in [0.29, 0.717) is 17.1 Å². The molecule has 3 fully saturated rings. The molecule has 0 amide bonds. The quantitative estimate of drug-likeness (QED) is 0.593. The van der Waals surface area contributed by atoms with Gasteiger partial charge in [-0.3, -0.25) is 9.80 Å². The average Bonchev–Trinajstić information content (AvgIpc) is 3.28. The zero-order valence-corrected chi connectivity index (χ0v) is 19.3. The fourth-order valence-corrected chi connectivity index (χ4v) is 7.22. The molecule has 2 nitrogen and oxygen atoms in total. The number of nitrogens with zero attached hydrogens (tertiary/aromatic N) is 2. The molecule has 3 rings (SSSR count). The molecule has 0 N–H and O–H groups in total. The molecule has 8 atom stereocenters. The Morgan fingerprint density at radius 1 is 0.731 bits per heavy atom. The molecule has 0 aromatic heterocycles. The highest BCUT2D eigenvalue weighted by Gasteiger charge is 2.57. The van der Waals surface area contributed by atoms with Crippen molar-refractivity contribution in [2.75, 3.05) is 7.05 Å². The molecule has 0 aromatic rings. The van der Waals surface area contributed by atoms with E-state index in [1.54, 1.807) is 0 Å². The number of hydrogen-bond donors (Lipinski definition) is 0. The Hall–Kier alpha value is -0.0800. The Kier molecular flexibility index (Phi) is 5.37. The lowest BCUT2D eigenvalue weighted by molar-refractivity contribution is -0.0462. The summed E-state index contributed by atoms with van der Waals surface area (Å²) >= 11 is 0. The maximum Gasteiger partial charge on any atom is 0.0173 e. The minimum Gasteiger partial charge on any atom is -0.298 e. The van der Waals surface area contributed by atoms with Crippen LogP contribution in [-0.4, -0.2) is 46.1 Å². The SMILES string of the molecule is CC1CC(C)N(C2C(C)CC(C)(C)N(C)C3CC32)C(C)(C)CC(C)C1C. The van der Waals surface area contributed by atoms with Crippen molar-refractivity contribution in [2.45, 2.75) is 117 Å². The fourth-order valence-electron chi connectivity index (χ4n) is 7.22. The van der Waals surface area contributed by atoms with Crippen LogP contribution in [0.1, 0.15) is 88.0 Å². The summed E-state index contributed by atoms with van der Waals surface area (Å²) in [5, 5.41) is 0. The standard InChI is InChI=1S/C24H46N2/c1-15-11-18(4)26(24(8,9)13-16(2)19(15)5)22-17(3)14-23(6,7)25(10)21-12-20(21)22/h15-22H,11-14H2,1-10H3. The van der Waals surface area contributed by atoms with Crippen LogP contribution in [0.5, 0.6) is 0 Å². The smallest absolute Gasteiger partial charge is 0.0173 e. The van der Waals surface area contributed by atoms with Crippen molar-refractivity contribution in [1.29, 1.82) is 0 Å². The van der Waals surface area contributed by atoms with E-state index >= 15 is 0 Å². The van der Waals surface area contributed by atoms with E-state index in [1.807, 2.05) is 0 Å². The van der Waals surface area contributed by atoms with Crippen molar-refractivity contribution in [3.8, 4) is 0 Å². The first-order valence-electron chi connectivity index (χ1n) is 11.4. The Morgan fingerprint density at radius 2 is 1.31 bits per heavy atom. The summed E-state index contributed by atoms with van der Waals surface area (Å²) in [7, 11) is 2.38. The van der Waals surface area contributed by atoms with Gasteiger partial charge in [-0.1, -0.05) is 27.7 Å². The van der Waals surface area contributed by atoms with E-state index in [9.17, 15) is 0 Å². The molecule has 152 valence electrons. The molecule has 2 saturated heterocycles. The topological polar surface area (TPSA) is 6.48 Å². The average molecular weight is 363 g/mol. The van der Waals surface area contributed by atoms with Crippen molar-refractivity contribution in [1.82, 2.24) is 9.80 Å². The van der Waals surface area contributed by atoms with Gasteiger partial charge in [-0.2, -0.15) is 0 Å². The first kappa shape index (κ1) is 20.6. The molecule has 3 aliphatic rings. The summed E-state index contributed by atoms with van der Waals surface area (Å²) in [6.07, 6.45) is 5.43. The molecule has 0 radical (unpaired) electrons. The highest BCUT2D eigenvalue weighted by molar-refractivity contribution is 5.12. The van der Waals surface area contributed by atoms with Gasteiger partial charge in [0.1, 0.15) is 0 Å². The minimum absolute atomic E-state index is 0.298. The highest BCUT2D eigenvalue weighted by atomic mass is 15.3. The molecule has 1 saturated carbocycles. The molecular weight excluding hydrogens is 316 g/mol. The zero-order chi connectivity index (χ0) is 19.6. The van der Waals surface area contributed by atoms with E-state index < -0.39 is 0 Å². The second-order valence-corrected chi connectivity index (χ2v) is 11.9. The molecule has 2 heteroatoms. The third-order valence-electron chi connectivity index (χ3n) is 8.92. The van der Waals surface area contributed by atoms with Gasteiger partial charge in [0.2, 0.25) is 0 Å². The molecule has 0 aromatic carbocycles. The van der Waals surface area contributed by atoms with Gasteiger partial charge in [-0.15, -0.1) is 0 Å². The number of rotatable bonds is 1. The van der Waals surface area contributed by atoms with Crippen molar-refractivity contribution < 1.29 is 0 Å². The van der Waals surface area contributed by atoms with Crippen molar-refractivity contribution in [3.05, 3.63) is 0 Å². The van der Waals surface area contributed by atoms with E-state index in [1.165, 1.54) is 25.7 Å². The molecule has 26 heavy (non-hydrogen) atoms. The van der Waals surface area contributed by atoms with Gasteiger partial charge in [0.15, 0.2) is 0 Å². The Bertz CT molecular complexity index is 510. The van der Waals surface area contributed by atoms with Crippen LogP contribution in [0, 0.1) is 29.6 Å². The van der Waals surface area contributed by atoms with Crippen LogP contribution in [0.15, 0.2) is 0 Å². The second kappa shape index (κ2) is 6.76. The van der Waals surface area contributed by atoms with Crippen LogP contribution in [0.3, 0.4) is 0 Å². The minimum atomic E-state index is 0.298. The third-order valence-corrected chi connectivity index (χ3v) is 8.92. The van der Waals surface area contributed by atoms with Gasteiger partial charge in [-0.05, 0) is 96.9 Å². The summed E-state index contributed by atoms with van der Waals surface area (Å²) in [6.45, 7) is 22.6. The molecule has 2 heterocycles. The summed E-state index contributed by atoms with van der Waals surface area (Å²) in [6, 6.07) is 2.25. The highest BCUT2D eigenvalue weighted by Crippen LogP contribution is 2.53. The van der Waals surface area contributed by atoms with Gasteiger partial charge >= 0.3 is 0 Å². The number of fused-ring (bicyclic) bond motifs is 1. The molecule has 2 aliphatic heterocycles. The van der Waals surface area contributed by atoms with Crippen LogP contribution in [0.2, 0.25) is 0 Å². The first-order valence-corrected chi connectivity index (χ1v) is 11.4. The van der Waals surface area contributed by atoms with Crippen LogP contribution in [0.25, 0.3) is 0 Å². The Morgan fingerprint density at radius 3 is 1.92 bits per heavy atom. The molecular formula is C24H46N2. The normalized spacial score (nSPS) is 49.6. The molecule has 1 aliphatic carbocycles. The van der Waals surface area contributed by atoms with Gasteiger partial charge in [0.05, 0.1) is 0 Å². The van der Waals surface area contributed by atoms with Crippen LogP contribution in [-0.2, 0) is 0 Å². The summed E-state index contributed by atoms with van der Waals surface area (Å²) in [5.41, 5.74) is 0.630. The van der Waals surface area contributed by atoms with E-state index in [2.05, 4.69) is 79.2 Å². The van der Waals surface area contributed by atoms with Gasteiger partial charge in [-0.25, -0.2) is 0 Å². The predicted octanol–water partition coefficient (Wildman–Crippen LogP) is 5.66. The van der Waals surface area contributed by atoms with Crippen molar-refractivity contribution >= 4 is 0 Å². The third kappa shape index (κ3) is 3.50. The maximum atomic E-state index is 3.02. The Balaban J connectivity index is 1.94.